The van der Waals surface area contributed by atoms with Crippen LogP contribution in [0.3, 0.4) is 0 Å². The molecule has 0 fully saturated rings. The van der Waals surface area contributed by atoms with Gasteiger partial charge in [0.25, 0.3) is 0 Å². The summed E-state index contributed by atoms with van der Waals surface area (Å²) in [5, 5.41) is 0. The monoisotopic (exact) mass is 376 g/mol. The highest BCUT2D eigenvalue weighted by atomic mass is 80.0. The van der Waals surface area contributed by atoms with Gasteiger partial charge in [0.1, 0.15) is 5.84 Å². The van der Waals surface area contributed by atoms with Crippen LogP contribution >= 0.6 is 47.8 Å². The molecule has 2 N–H and O–H groups in total. The fourth-order valence-corrected chi connectivity index (χ4v) is 1.20. The molecule has 0 aromatic carbocycles. The smallest absolute Gasteiger partial charge is 0.191 e. The molecule has 0 amide bonds. The zero-order chi connectivity index (χ0) is 10.3. The second-order valence-corrected chi connectivity index (χ2v) is 9.59. The fourth-order valence-electron chi connectivity index (χ4n) is 0.828. The summed E-state index contributed by atoms with van der Waals surface area (Å²) in [5.41, 5.74) is 5.67. The van der Waals surface area contributed by atoms with Gasteiger partial charge in [-0.15, -0.1) is 0 Å². The van der Waals surface area contributed by atoms with E-state index >= 15 is 0 Å². The molecule has 78 valence electrons. The molecule has 0 heterocycles. The quantitative estimate of drug-likeness (QED) is 0.336. The molecule has 0 aromatic heterocycles. The minimum atomic E-state index is -0.530. The van der Waals surface area contributed by atoms with Crippen molar-refractivity contribution in [2.45, 2.75) is 34.7 Å². The molecular formula is C8H15Br3N2. The van der Waals surface area contributed by atoms with E-state index in [0.29, 0.717) is 5.84 Å². The van der Waals surface area contributed by atoms with E-state index in [2.05, 4.69) is 59.7 Å². The lowest BCUT2D eigenvalue weighted by atomic mass is 10.2. The number of nitrogens with two attached hydrogens (primary N) is 1. The highest BCUT2D eigenvalue weighted by Crippen LogP contribution is 2.33. The maximum atomic E-state index is 5.67. The van der Waals surface area contributed by atoms with Gasteiger partial charge in [0.15, 0.2) is 2.14 Å². The average Bonchev–Trinajstić information content (AvgIpc) is 2.02. The zero-order valence-corrected chi connectivity index (χ0v) is 12.5. The maximum absolute atomic E-state index is 5.67. The van der Waals surface area contributed by atoms with Gasteiger partial charge in [-0.3, -0.25) is 4.99 Å². The summed E-state index contributed by atoms with van der Waals surface area (Å²) in [5.74, 6) is 0.531. The Labute approximate surface area is 105 Å². The second-order valence-electron chi connectivity index (χ2n) is 2.83. The van der Waals surface area contributed by atoms with Crippen LogP contribution in [0.5, 0.6) is 0 Å². The molecule has 0 radical (unpaired) electrons. The van der Waals surface area contributed by atoms with E-state index in [1.165, 1.54) is 19.3 Å². The van der Waals surface area contributed by atoms with Crippen LogP contribution in [0, 0.1) is 0 Å². The molecule has 0 rings (SSSR count). The predicted octanol–water partition coefficient (Wildman–Crippen LogP) is 3.76. The van der Waals surface area contributed by atoms with Crippen LogP contribution < -0.4 is 5.73 Å². The Kier molecular flexibility index (Phi) is 7.74. The fraction of sp³-hybridized carbons (Fsp3) is 0.875. The Hall–Kier alpha value is 0.910. The van der Waals surface area contributed by atoms with Gasteiger partial charge in [-0.05, 0) is 6.42 Å². The SMILES string of the molecule is CCCCCCN=C(N)C(Br)(Br)Br. The van der Waals surface area contributed by atoms with Crippen molar-refractivity contribution in [3.8, 4) is 0 Å². The summed E-state index contributed by atoms with van der Waals surface area (Å²) in [4.78, 5) is 4.22. The van der Waals surface area contributed by atoms with E-state index < -0.39 is 2.14 Å². The Balaban J connectivity index is 3.60. The number of amidine groups is 1. The lowest BCUT2D eigenvalue weighted by molar-refractivity contribution is 0.675. The summed E-state index contributed by atoms with van der Waals surface area (Å²) in [6.45, 7) is 2.99. The summed E-state index contributed by atoms with van der Waals surface area (Å²) < 4.78 is -0.530. The summed E-state index contributed by atoms with van der Waals surface area (Å²) in [7, 11) is 0. The van der Waals surface area contributed by atoms with Gasteiger partial charge in [-0.2, -0.15) is 0 Å². The van der Waals surface area contributed by atoms with Gasteiger partial charge in [-0.25, -0.2) is 0 Å². The van der Waals surface area contributed by atoms with Crippen molar-refractivity contribution in [1.29, 1.82) is 0 Å². The lowest BCUT2D eigenvalue weighted by Gasteiger charge is -2.10. The third kappa shape index (κ3) is 7.94. The molecule has 0 bridgehead atoms. The Morgan fingerprint density at radius 3 is 2.31 bits per heavy atom. The molecule has 0 saturated carbocycles. The Morgan fingerprint density at radius 2 is 1.85 bits per heavy atom. The number of hydrogen-bond donors (Lipinski definition) is 1. The first-order valence-corrected chi connectivity index (χ1v) is 6.73. The average molecular weight is 379 g/mol. The largest absolute Gasteiger partial charge is 0.385 e. The number of rotatable bonds is 5. The summed E-state index contributed by atoms with van der Waals surface area (Å²) in [6.07, 6.45) is 4.86. The van der Waals surface area contributed by atoms with Crippen LogP contribution in [0.25, 0.3) is 0 Å². The maximum Gasteiger partial charge on any atom is 0.191 e. The molecule has 0 saturated heterocycles. The van der Waals surface area contributed by atoms with Crippen molar-refractivity contribution in [3.05, 3.63) is 0 Å². The molecule has 5 heteroatoms. The molecule has 0 spiro atoms. The van der Waals surface area contributed by atoms with Crippen LogP contribution in [0.4, 0.5) is 0 Å². The highest BCUT2D eigenvalue weighted by Gasteiger charge is 2.22. The minimum absolute atomic E-state index is 0.530. The van der Waals surface area contributed by atoms with Gasteiger partial charge in [-0.1, -0.05) is 74.0 Å². The molecule has 0 aliphatic rings. The van der Waals surface area contributed by atoms with Gasteiger partial charge < -0.3 is 5.73 Å². The van der Waals surface area contributed by atoms with Crippen molar-refractivity contribution in [1.82, 2.24) is 0 Å². The standard InChI is InChI=1S/C8H15Br3N2/c1-2-3-4-5-6-13-7(12)8(9,10)11/h2-6H2,1H3,(H2,12,13). The Morgan fingerprint density at radius 1 is 1.23 bits per heavy atom. The molecular weight excluding hydrogens is 364 g/mol. The molecule has 0 aliphatic carbocycles. The molecule has 0 aromatic rings. The first kappa shape index (κ1) is 13.9. The molecule has 0 atom stereocenters. The third-order valence-corrected chi connectivity index (χ3v) is 2.80. The van der Waals surface area contributed by atoms with Crippen LogP contribution in [-0.4, -0.2) is 14.5 Å². The van der Waals surface area contributed by atoms with Crippen LogP contribution in [0.2, 0.25) is 0 Å². The van der Waals surface area contributed by atoms with E-state index in [-0.39, 0.29) is 0 Å². The molecule has 0 unspecified atom stereocenters. The van der Waals surface area contributed by atoms with Crippen molar-refractivity contribution >= 4 is 53.6 Å². The number of hydrogen-bond acceptors (Lipinski definition) is 1. The van der Waals surface area contributed by atoms with Crippen LogP contribution in [0.1, 0.15) is 32.6 Å². The summed E-state index contributed by atoms with van der Waals surface area (Å²) in [6, 6.07) is 0. The van der Waals surface area contributed by atoms with E-state index in [1.807, 2.05) is 0 Å². The number of nitrogens with zero attached hydrogens (tertiary/aromatic N) is 1. The Bertz CT molecular complexity index is 163. The van der Waals surface area contributed by atoms with Crippen molar-refractivity contribution in [2.24, 2.45) is 10.7 Å². The second kappa shape index (κ2) is 7.23. The predicted molar refractivity (Wildman–Crippen MR) is 70.1 cm³/mol. The van der Waals surface area contributed by atoms with Gasteiger partial charge in [0.2, 0.25) is 0 Å². The van der Waals surface area contributed by atoms with Gasteiger partial charge in [0.05, 0.1) is 0 Å². The number of alkyl halides is 3. The van der Waals surface area contributed by atoms with Gasteiger partial charge in [0, 0.05) is 6.54 Å². The van der Waals surface area contributed by atoms with Crippen LogP contribution in [0.15, 0.2) is 4.99 Å². The van der Waals surface area contributed by atoms with E-state index in [1.54, 1.807) is 0 Å². The van der Waals surface area contributed by atoms with Crippen molar-refractivity contribution in [3.63, 3.8) is 0 Å². The zero-order valence-electron chi connectivity index (χ0n) is 7.69. The number of aliphatic imine (C=N–C) groups is 1. The van der Waals surface area contributed by atoms with Crippen molar-refractivity contribution < 1.29 is 0 Å². The molecule has 0 aliphatic heterocycles. The molecule has 2 nitrogen and oxygen atoms in total. The third-order valence-electron chi connectivity index (χ3n) is 1.58. The minimum Gasteiger partial charge on any atom is -0.385 e. The lowest BCUT2D eigenvalue weighted by Crippen LogP contribution is -2.27. The van der Waals surface area contributed by atoms with E-state index in [4.69, 9.17) is 5.73 Å². The van der Waals surface area contributed by atoms with Crippen LogP contribution in [-0.2, 0) is 0 Å². The van der Waals surface area contributed by atoms with E-state index in [9.17, 15) is 0 Å². The number of halogens is 3. The van der Waals surface area contributed by atoms with E-state index in [0.717, 1.165) is 13.0 Å². The highest BCUT2D eigenvalue weighted by molar-refractivity contribution is 9.40. The first-order chi connectivity index (χ1) is 5.98. The number of unbranched alkanes of at least 4 members (excludes halogenated alkanes) is 3. The first-order valence-electron chi connectivity index (χ1n) is 4.35. The van der Waals surface area contributed by atoms with Gasteiger partial charge >= 0.3 is 0 Å². The summed E-state index contributed by atoms with van der Waals surface area (Å²) >= 11 is 9.91. The normalized spacial score (nSPS) is 13.4. The van der Waals surface area contributed by atoms with Crippen molar-refractivity contribution in [2.75, 3.05) is 6.54 Å². The topological polar surface area (TPSA) is 38.4 Å². The molecule has 13 heavy (non-hydrogen) atoms.